The molecule has 0 saturated heterocycles. The topological polar surface area (TPSA) is 35.2 Å². The summed E-state index contributed by atoms with van der Waals surface area (Å²) in [4.78, 5) is 0. The molecule has 0 amide bonds. The van der Waals surface area contributed by atoms with Gasteiger partial charge in [-0.2, -0.15) is 0 Å². The molecule has 0 aliphatic carbocycles. The van der Waals surface area contributed by atoms with Crippen LogP contribution in [0.1, 0.15) is 35.6 Å². The zero-order chi connectivity index (χ0) is 12.3. The summed E-state index contributed by atoms with van der Waals surface area (Å²) in [5.41, 5.74) is 11.2. The SMILES string of the molecule is COCCC(C)(N)c1cc(C)c(C)cc1C. The summed E-state index contributed by atoms with van der Waals surface area (Å²) in [6.45, 7) is 9.15. The van der Waals surface area contributed by atoms with Crippen LogP contribution in [0.2, 0.25) is 0 Å². The minimum Gasteiger partial charge on any atom is -0.385 e. The predicted octanol–water partition coefficient (Wildman–Crippen LogP) is 2.82. The van der Waals surface area contributed by atoms with Crippen molar-refractivity contribution in [3.05, 3.63) is 34.4 Å². The van der Waals surface area contributed by atoms with Crippen molar-refractivity contribution in [2.24, 2.45) is 5.73 Å². The fraction of sp³-hybridized carbons (Fsp3) is 0.571. The zero-order valence-corrected chi connectivity index (χ0v) is 11.1. The van der Waals surface area contributed by atoms with Crippen molar-refractivity contribution in [1.29, 1.82) is 0 Å². The molecule has 0 aliphatic rings. The Labute approximate surface area is 98.8 Å². The van der Waals surface area contributed by atoms with E-state index in [0.29, 0.717) is 6.61 Å². The molecule has 0 fully saturated rings. The van der Waals surface area contributed by atoms with Crippen LogP contribution in [-0.4, -0.2) is 13.7 Å². The third-order valence-corrected chi connectivity index (χ3v) is 3.28. The number of ether oxygens (including phenoxy) is 1. The number of benzene rings is 1. The van der Waals surface area contributed by atoms with Gasteiger partial charge in [0.25, 0.3) is 0 Å². The number of hydrogen-bond acceptors (Lipinski definition) is 2. The Morgan fingerprint density at radius 1 is 1.12 bits per heavy atom. The summed E-state index contributed by atoms with van der Waals surface area (Å²) in [6, 6.07) is 4.42. The van der Waals surface area contributed by atoms with Gasteiger partial charge in [0.1, 0.15) is 0 Å². The molecule has 1 aromatic rings. The van der Waals surface area contributed by atoms with Gasteiger partial charge in [0, 0.05) is 19.3 Å². The molecule has 0 bridgehead atoms. The highest BCUT2D eigenvalue weighted by molar-refractivity contribution is 5.40. The van der Waals surface area contributed by atoms with Crippen LogP contribution in [0.4, 0.5) is 0 Å². The minimum atomic E-state index is -0.307. The van der Waals surface area contributed by atoms with E-state index in [1.807, 2.05) is 0 Å². The van der Waals surface area contributed by atoms with Gasteiger partial charge in [0.15, 0.2) is 0 Å². The smallest absolute Gasteiger partial charge is 0.0482 e. The van der Waals surface area contributed by atoms with E-state index in [9.17, 15) is 0 Å². The van der Waals surface area contributed by atoms with E-state index in [4.69, 9.17) is 10.5 Å². The molecule has 0 aromatic heterocycles. The van der Waals surface area contributed by atoms with Crippen molar-refractivity contribution < 1.29 is 4.74 Å². The summed E-state index contributed by atoms with van der Waals surface area (Å²) >= 11 is 0. The van der Waals surface area contributed by atoms with E-state index in [1.165, 1.54) is 22.3 Å². The van der Waals surface area contributed by atoms with Gasteiger partial charge in [-0.3, -0.25) is 0 Å². The summed E-state index contributed by atoms with van der Waals surface area (Å²) < 4.78 is 5.11. The molecule has 2 N–H and O–H groups in total. The molecular formula is C14H23NO. The second-order valence-corrected chi connectivity index (χ2v) is 4.91. The third kappa shape index (κ3) is 2.83. The third-order valence-electron chi connectivity index (χ3n) is 3.28. The maximum Gasteiger partial charge on any atom is 0.0482 e. The van der Waals surface area contributed by atoms with Crippen LogP contribution in [0.5, 0.6) is 0 Å². The van der Waals surface area contributed by atoms with Crippen LogP contribution >= 0.6 is 0 Å². The molecule has 0 heterocycles. The molecule has 1 atom stereocenters. The average molecular weight is 221 g/mol. The van der Waals surface area contributed by atoms with E-state index >= 15 is 0 Å². The van der Waals surface area contributed by atoms with E-state index in [-0.39, 0.29) is 5.54 Å². The maximum absolute atomic E-state index is 6.36. The first-order valence-corrected chi connectivity index (χ1v) is 5.74. The number of rotatable bonds is 4. The van der Waals surface area contributed by atoms with Crippen LogP contribution < -0.4 is 5.73 Å². The quantitative estimate of drug-likeness (QED) is 0.848. The van der Waals surface area contributed by atoms with Crippen LogP contribution in [0.25, 0.3) is 0 Å². The first kappa shape index (κ1) is 13.2. The van der Waals surface area contributed by atoms with Crippen LogP contribution in [0, 0.1) is 20.8 Å². The van der Waals surface area contributed by atoms with Crippen molar-refractivity contribution in [1.82, 2.24) is 0 Å². The first-order valence-electron chi connectivity index (χ1n) is 5.74. The monoisotopic (exact) mass is 221 g/mol. The highest BCUT2D eigenvalue weighted by Crippen LogP contribution is 2.27. The lowest BCUT2D eigenvalue weighted by Gasteiger charge is -2.27. The normalized spacial score (nSPS) is 14.9. The van der Waals surface area contributed by atoms with Crippen molar-refractivity contribution >= 4 is 0 Å². The second-order valence-electron chi connectivity index (χ2n) is 4.91. The maximum atomic E-state index is 6.36. The first-order chi connectivity index (χ1) is 7.38. The molecule has 0 spiro atoms. The van der Waals surface area contributed by atoms with E-state index < -0.39 is 0 Å². The van der Waals surface area contributed by atoms with E-state index in [1.54, 1.807) is 7.11 Å². The fourth-order valence-corrected chi connectivity index (χ4v) is 2.02. The summed E-state index contributed by atoms with van der Waals surface area (Å²) in [7, 11) is 1.71. The minimum absolute atomic E-state index is 0.307. The Kier molecular flexibility index (Phi) is 4.11. The molecule has 16 heavy (non-hydrogen) atoms. The highest BCUT2D eigenvalue weighted by Gasteiger charge is 2.23. The standard InChI is InChI=1S/C14H23NO/c1-10-8-12(3)13(9-11(10)2)14(4,15)6-7-16-5/h8-9H,6-7,15H2,1-5H3. The van der Waals surface area contributed by atoms with Gasteiger partial charge in [-0.25, -0.2) is 0 Å². The molecule has 90 valence electrons. The number of nitrogens with two attached hydrogens (primary N) is 1. The van der Waals surface area contributed by atoms with Crippen LogP contribution in [0.3, 0.4) is 0 Å². The Bertz CT molecular complexity index is 369. The molecule has 1 unspecified atom stereocenters. The van der Waals surface area contributed by atoms with Crippen molar-refractivity contribution in [2.75, 3.05) is 13.7 Å². The Morgan fingerprint density at radius 3 is 2.25 bits per heavy atom. The number of hydrogen-bond donors (Lipinski definition) is 1. The molecule has 1 rings (SSSR count). The van der Waals surface area contributed by atoms with E-state index in [2.05, 4.69) is 39.8 Å². The molecule has 1 aromatic carbocycles. The predicted molar refractivity (Wildman–Crippen MR) is 68.7 cm³/mol. The van der Waals surface area contributed by atoms with Gasteiger partial charge in [-0.15, -0.1) is 0 Å². The van der Waals surface area contributed by atoms with E-state index in [0.717, 1.165) is 6.42 Å². The fourth-order valence-electron chi connectivity index (χ4n) is 2.02. The Balaban J connectivity index is 3.07. The van der Waals surface area contributed by atoms with Gasteiger partial charge in [-0.05, 0) is 56.4 Å². The highest BCUT2D eigenvalue weighted by atomic mass is 16.5. The summed E-state index contributed by atoms with van der Waals surface area (Å²) in [5, 5.41) is 0. The lowest BCUT2D eigenvalue weighted by Crippen LogP contribution is -2.35. The van der Waals surface area contributed by atoms with Crippen molar-refractivity contribution in [3.8, 4) is 0 Å². The molecule has 0 saturated carbocycles. The second kappa shape index (κ2) is 4.98. The largest absolute Gasteiger partial charge is 0.385 e. The summed E-state index contributed by atoms with van der Waals surface area (Å²) in [6.07, 6.45) is 0.840. The molecule has 2 nitrogen and oxygen atoms in total. The van der Waals surface area contributed by atoms with Gasteiger partial charge in [0.2, 0.25) is 0 Å². The van der Waals surface area contributed by atoms with Crippen molar-refractivity contribution in [2.45, 2.75) is 39.7 Å². The summed E-state index contributed by atoms with van der Waals surface area (Å²) in [5.74, 6) is 0. The number of aryl methyl sites for hydroxylation is 3. The Morgan fingerprint density at radius 2 is 1.69 bits per heavy atom. The Hall–Kier alpha value is -0.860. The van der Waals surface area contributed by atoms with Crippen LogP contribution in [0.15, 0.2) is 12.1 Å². The van der Waals surface area contributed by atoms with Crippen LogP contribution in [-0.2, 0) is 10.3 Å². The van der Waals surface area contributed by atoms with Gasteiger partial charge in [0.05, 0.1) is 0 Å². The molecule has 0 aliphatic heterocycles. The average Bonchev–Trinajstić information content (AvgIpc) is 2.20. The van der Waals surface area contributed by atoms with Gasteiger partial charge >= 0.3 is 0 Å². The lowest BCUT2D eigenvalue weighted by molar-refractivity contribution is 0.172. The molecule has 2 heteroatoms. The molecule has 0 radical (unpaired) electrons. The lowest BCUT2D eigenvalue weighted by atomic mass is 9.85. The van der Waals surface area contributed by atoms with Crippen molar-refractivity contribution in [3.63, 3.8) is 0 Å². The number of methoxy groups -OCH3 is 1. The molecular weight excluding hydrogens is 198 g/mol. The zero-order valence-electron chi connectivity index (χ0n) is 11.1. The van der Waals surface area contributed by atoms with Gasteiger partial charge < -0.3 is 10.5 Å². The van der Waals surface area contributed by atoms with Gasteiger partial charge in [-0.1, -0.05) is 12.1 Å².